The Bertz CT molecular complexity index is 619. The summed E-state index contributed by atoms with van der Waals surface area (Å²) < 4.78 is 26.3. The molecule has 130 valence electrons. The van der Waals surface area contributed by atoms with Crippen molar-refractivity contribution in [2.45, 2.75) is 11.8 Å². The van der Waals surface area contributed by atoms with Crippen LogP contribution in [-0.4, -0.2) is 46.4 Å². The van der Waals surface area contributed by atoms with Gasteiger partial charge in [-0.3, -0.25) is 9.59 Å². The second kappa shape index (κ2) is 10.2. The molecule has 2 amide bonds. The maximum atomic E-state index is 11.9. The first kappa shape index (κ1) is 21.3. The number of sulfonamides is 1. The summed E-state index contributed by atoms with van der Waals surface area (Å²) in [6.07, 6.45) is 0. The minimum Gasteiger partial charge on any atom is -0.353 e. The Balaban J connectivity index is 0.00000484. The van der Waals surface area contributed by atoms with Crippen LogP contribution < -0.4 is 21.1 Å². The zero-order valence-corrected chi connectivity index (χ0v) is 14.3. The lowest BCUT2D eigenvalue weighted by molar-refractivity contribution is -0.125. The van der Waals surface area contributed by atoms with Crippen molar-refractivity contribution < 1.29 is 18.0 Å². The van der Waals surface area contributed by atoms with Crippen molar-refractivity contribution >= 4 is 34.2 Å². The molecule has 10 heteroatoms. The lowest BCUT2D eigenvalue weighted by Crippen LogP contribution is -2.41. The van der Waals surface area contributed by atoms with Gasteiger partial charge in [-0.05, 0) is 19.1 Å². The van der Waals surface area contributed by atoms with Crippen molar-refractivity contribution in [1.82, 2.24) is 15.4 Å². The zero-order chi connectivity index (χ0) is 16.6. The molecule has 0 radical (unpaired) electrons. The van der Waals surface area contributed by atoms with Gasteiger partial charge in [-0.25, -0.2) is 13.1 Å². The number of carbonyl (C=O) groups excluding carboxylic acids is 2. The molecule has 0 aliphatic rings. The number of nitrogens with two attached hydrogens (primary N) is 1. The van der Waals surface area contributed by atoms with E-state index in [0.717, 1.165) is 5.56 Å². The lowest BCUT2D eigenvalue weighted by atomic mass is 10.2. The summed E-state index contributed by atoms with van der Waals surface area (Å²) >= 11 is 0. The minimum atomic E-state index is -3.59. The molecule has 0 aliphatic heterocycles. The van der Waals surface area contributed by atoms with Gasteiger partial charge in [-0.1, -0.05) is 17.7 Å². The zero-order valence-electron chi connectivity index (χ0n) is 12.7. The molecule has 1 rings (SSSR count). The van der Waals surface area contributed by atoms with E-state index >= 15 is 0 Å². The van der Waals surface area contributed by atoms with Gasteiger partial charge in [-0.2, -0.15) is 0 Å². The fraction of sp³-hybridized carbons (Fsp3) is 0.385. The average molecular weight is 365 g/mol. The first-order chi connectivity index (χ1) is 10.3. The summed E-state index contributed by atoms with van der Waals surface area (Å²) in [7, 11) is -3.59. The highest BCUT2D eigenvalue weighted by atomic mass is 35.5. The molecule has 1 aromatic carbocycles. The van der Waals surface area contributed by atoms with E-state index in [1.165, 1.54) is 12.1 Å². The molecule has 0 aliphatic carbocycles. The molecule has 0 bridgehead atoms. The quantitative estimate of drug-likeness (QED) is 0.434. The van der Waals surface area contributed by atoms with Crippen LogP contribution in [0.4, 0.5) is 0 Å². The summed E-state index contributed by atoms with van der Waals surface area (Å²) in [6.45, 7) is 1.64. The Morgan fingerprint density at radius 2 is 1.65 bits per heavy atom. The van der Waals surface area contributed by atoms with Crippen LogP contribution in [0.5, 0.6) is 0 Å². The summed E-state index contributed by atoms with van der Waals surface area (Å²) in [5.41, 5.74) is 6.04. The van der Waals surface area contributed by atoms with Crippen molar-refractivity contribution in [2.75, 3.05) is 26.2 Å². The Morgan fingerprint density at radius 1 is 1.04 bits per heavy atom. The molecule has 0 unspecified atom stereocenters. The second-order valence-electron chi connectivity index (χ2n) is 4.54. The minimum absolute atomic E-state index is 0. The molecule has 0 saturated carbocycles. The summed E-state index contributed by atoms with van der Waals surface area (Å²) in [4.78, 5) is 22.4. The average Bonchev–Trinajstić information content (AvgIpc) is 2.49. The monoisotopic (exact) mass is 364 g/mol. The van der Waals surface area contributed by atoms with E-state index in [2.05, 4.69) is 15.4 Å². The number of nitrogens with one attached hydrogen (secondary N) is 3. The fourth-order valence-corrected chi connectivity index (χ4v) is 2.53. The van der Waals surface area contributed by atoms with Gasteiger partial charge >= 0.3 is 0 Å². The number of rotatable bonds is 8. The van der Waals surface area contributed by atoms with Crippen molar-refractivity contribution in [2.24, 2.45) is 5.73 Å². The standard InChI is InChI=1S/C13H20N4O4S.ClH/c1-10-2-4-11(5-3-10)22(20,21)17-7-6-15-13(19)9-16-12(18)8-14;/h2-5,17H,6-9,14H2,1H3,(H,15,19)(H,16,18);1H. The van der Waals surface area contributed by atoms with E-state index in [1.54, 1.807) is 12.1 Å². The number of hydrogen-bond acceptors (Lipinski definition) is 5. The first-order valence-electron chi connectivity index (χ1n) is 6.65. The highest BCUT2D eigenvalue weighted by molar-refractivity contribution is 7.89. The highest BCUT2D eigenvalue weighted by Crippen LogP contribution is 2.09. The largest absolute Gasteiger partial charge is 0.353 e. The molecule has 5 N–H and O–H groups in total. The second-order valence-corrected chi connectivity index (χ2v) is 6.31. The highest BCUT2D eigenvalue weighted by Gasteiger charge is 2.12. The van der Waals surface area contributed by atoms with Gasteiger partial charge in [0.15, 0.2) is 0 Å². The molecular formula is C13H21ClN4O4S. The van der Waals surface area contributed by atoms with E-state index in [4.69, 9.17) is 5.73 Å². The third-order valence-electron chi connectivity index (χ3n) is 2.70. The Morgan fingerprint density at radius 3 is 2.22 bits per heavy atom. The number of halogens is 1. The Kier molecular flexibility index (Phi) is 9.42. The third kappa shape index (κ3) is 7.93. The Labute approximate surface area is 141 Å². The number of hydrogen-bond donors (Lipinski definition) is 4. The van der Waals surface area contributed by atoms with Gasteiger partial charge in [0, 0.05) is 13.1 Å². The molecular weight excluding hydrogens is 344 g/mol. The first-order valence-corrected chi connectivity index (χ1v) is 8.13. The van der Waals surface area contributed by atoms with E-state index in [9.17, 15) is 18.0 Å². The SMILES string of the molecule is Cc1ccc(S(=O)(=O)NCCNC(=O)CNC(=O)CN)cc1.Cl. The number of amides is 2. The van der Waals surface area contributed by atoms with E-state index in [1.807, 2.05) is 6.92 Å². The van der Waals surface area contributed by atoms with Gasteiger partial charge in [0.2, 0.25) is 21.8 Å². The van der Waals surface area contributed by atoms with Gasteiger partial charge in [0.05, 0.1) is 18.0 Å². The molecule has 8 nitrogen and oxygen atoms in total. The maximum Gasteiger partial charge on any atom is 0.240 e. The normalized spacial score (nSPS) is 10.5. The van der Waals surface area contributed by atoms with E-state index in [-0.39, 0.29) is 43.5 Å². The van der Waals surface area contributed by atoms with Crippen molar-refractivity contribution in [3.05, 3.63) is 29.8 Å². The summed E-state index contributed by atoms with van der Waals surface area (Å²) in [5, 5.41) is 4.78. The number of carbonyl (C=O) groups is 2. The predicted molar refractivity (Wildman–Crippen MR) is 88.7 cm³/mol. The fourth-order valence-electron chi connectivity index (χ4n) is 1.50. The van der Waals surface area contributed by atoms with Crippen molar-refractivity contribution in [3.8, 4) is 0 Å². The van der Waals surface area contributed by atoms with Gasteiger partial charge < -0.3 is 16.4 Å². The molecule has 23 heavy (non-hydrogen) atoms. The van der Waals surface area contributed by atoms with Gasteiger partial charge in [0.1, 0.15) is 0 Å². The number of benzene rings is 1. The lowest BCUT2D eigenvalue weighted by Gasteiger charge is -2.08. The molecule has 0 heterocycles. The maximum absolute atomic E-state index is 11.9. The third-order valence-corrected chi connectivity index (χ3v) is 4.18. The van der Waals surface area contributed by atoms with Crippen LogP contribution in [0.2, 0.25) is 0 Å². The van der Waals surface area contributed by atoms with E-state index in [0.29, 0.717) is 0 Å². The molecule has 0 spiro atoms. The predicted octanol–water partition coefficient (Wildman–Crippen LogP) is -1.11. The molecule has 0 saturated heterocycles. The van der Waals surface area contributed by atoms with Crippen LogP contribution >= 0.6 is 12.4 Å². The van der Waals surface area contributed by atoms with Crippen LogP contribution in [0, 0.1) is 6.92 Å². The van der Waals surface area contributed by atoms with Crippen LogP contribution in [0.1, 0.15) is 5.56 Å². The summed E-state index contributed by atoms with van der Waals surface area (Å²) in [6, 6.07) is 6.43. The molecule has 0 fully saturated rings. The van der Waals surface area contributed by atoms with Gasteiger partial charge in [-0.15, -0.1) is 12.4 Å². The van der Waals surface area contributed by atoms with Crippen LogP contribution in [0.15, 0.2) is 29.2 Å². The van der Waals surface area contributed by atoms with Crippen molar-refractivity contribution in [3.63, 3.8) is 0 Å². The smallest absolute Gasteiger partial charge is 0.240 e. The van der Waals surface area contributed by atoms with Gasteiger partial charge in [0.25, 0.3) is 0 Å². The van der Waals surface area contributed by atoms with Crippen LogP contribution in [-0.2, 0) is 19.6 Å². The van der Waals surface area contributed by atoms with Crippen LogP contribution in [0.3, 0.4) is 0 Å². The molecule has 1 aromatic rings. The van der Waals surface area contributed by atoms with Crippen molar-refractivity contribution in [1.29, 1.82) is 0 Å². The molecule has 0 aromatic heterocycles. The number of aryl methyl sites for hydroxylation is 1. The Hall–Kier alpha value is -1.68. The van der Waals surface area contributed by atoms with E-state index < -0.39 is 21.8 Å². The van der Waals surface area contributed by atoms with Crippen LogP contribution in [0.25, 0.3) is 0 Å². The topological polar surface area (TPSA) is 130 Å². The summed E-state index contributed by atoms with van der Waals surface area (Å²) in [5.74, 6) is -0.855. The molecule has 0 atom stereocenters.